The summed E-state index contributed by atoms with van der Waals surface area (Å²) in [7, 11) is 2.07. The van der Waals surface area contributed by atoms with Gasteiger partial charge in [0.05, 0.1) is 19.8 Å². The van der Waals surface area contributed by atoms with Gasteiger partial charge in [0.1, 0.15) is 5.82 Å². The highest BCUT2D eigenvalue weighted by Gasteiger charge is 2.16. The maximum absolute atomic E-state index is 13.0. The monoisotopic (exact) mass is 379 g/mol. The second kappa shape index (κ2) is 11.9. The maximum atomic E-state index is 13.0. The van der Waals surface area contributed by atoms with Gasteiger partial charge >= 0.3 is 0 Å². The second-order valence-corrected chi connectivity index (χ2v) is 7.01. The fraction of sp³-hybridized carbons (Fsp3) is 0.650. The third-order valence-electron chi connectivity index (χ3n) is 4.68. The molecule has 0 aliphatic carbocycles. The van der Waals surface area contributed by atoms with Gasteiger partial charge in [-0.1, -0.05) is 12.1 Å². The average Bonchev–Trinajstić information content (AvgIpc) is 2.68. The number of aliphatic imine (C=N–C) groups is 1. The highest BCUT2D eigenvalue weighted by Crippen LogP contribution is 2.05. The Kier molecular flexibility index (Phi) is 9.52. The van der Waals surface area contributed by atoms with Gasteiger partial charge in [0.25, 0.3) is 0 Å². The standard InChI is InChI=1S/C20H34FN5O/c1-4-22-20(24-15-17(2)26-11-13-27-14-12-26)23-9-10-25(3)16-18-5-7-19(21)8-6-18/h5-8,17H,4,9-16H2,1-3H3,(H2,22,23,24). The predicted molar refractivity (Wildman–Crippen MR) is 109 cm³/mol. The smallest absolute Gasteiger partial charge is 0.191 e. The lowest BCUT2D eigenvalue weighted by Gasteiger charge is -2.31. The molecule has 1 aromatic rings. The molecule has 1 atom stereocenters. The van der Waals surface area contributed by atoms with Crippen molar-refractivity contribution < 1.29 is 9.13 Å². The third-order valence-corrected chi connectivity index (χ3v) is 4.68. The SMILES string of the molecule is CCNC(=NCC(C)N1CCOCC1)NCCN(C)Cc1ccc(F)cc1. The van der Waals surface area contributed by atoms with Gasteiger partial charge < -0.3 is 20.3 Å². The summed E-state index contributed by atoms with van der Waals surface area (Å²) in [5, 5.41) is 6.70. The van der Waals surface area contributed by atoms with E-state index in [-0.39, 0.29) is 5.82 Å². The van der Waals surface area contributed by atoms with Crippen molar-refractivity contribution in [1.82, 2.24) is 20.4 Å². The zero-order chi connectivity index (χ0) is 19.5. The molecule has 152 valence electrons. The Balaban J connectivity index is 1.73. The molecule has 1 saturated heterocycles. The molecule has 1 aromatic carbocycles. The first-order valence-corrected chi connectivity index (χ1v) is 9.85. The summed E-state index contributed by atoms with van der Waals surface area (Å²) in [6.45, 7) is 11.9. The van der Waals surface area contributed by atoms with E-state index in [1.807, 2.05) is 12.1 Å². The van der Waals surface area contributed by atoms with Crippen LogP contribution in [0.25, 0.3) is 0 Å². The molecular formula is C20H34FN5O. The number of guanidine groups is 1. The first-order valence-electron chi connectivity index (χ1n) is 9.85. The lowest BCUT2D eigenvalue weighted by Crippen LogP contribution is -2.45. The molecule has 0 aromatic heterocycles. The lowest BCUT2D eigenvalue weighted by molar-refractivity contribution is 0.0220. The molecule has 6 nitrogen and oxygen atoms in total. The number of ether oxygens (including phenoxy) is 1. The van der Waals surface area contributed by atoms with Crippen molar-refractivity contribution in [2.75, 3.05) is 59.5 Å². The number of nitrogens with one attached hydrogen (secondary N) is 2. The zero-order valence-electron chi connectivity index (χ0n) is 16.9. The average molecular weight is 380 g/mol. The molecule has 7 heteroatoms. The number of halogens is 1. The topological polar surface area (TPSA) is 52.1 Å². The molecule has 2 N–H and O–H groups in total. The lowest BCUT2D eigenvalue weighted by atomic mass is 10.2. The Morgan fingerprint density at radius 2 is 1.96 bits per heavy atom. The number of nitrogens with zero attached hydrogens (tertiary/aromatic N) is 3. The van der Waals surface area contributed by atoms with E-state index in [9.17, 15) is 4.39 Å². The Morgan fingerprint density at radius 3 is 2.63 bits per heavy atom. The van der Waals surface area contributed by atoms with Crippen LogP contribution in [0.1, 0.15) is 19.4 Å². The maximum Gasteiger partial charge on any atom is 0.191 e. The van der Waals surface area contributed by atoms with Crippen molar-refractivity contribution >= 4 is 5.96 Å². The number of morpholine rings is 1. The highest BCUT2D eigenvalue weighted by molar-refractivity contribution is 5.79. The van der Waals surface area contributed by atoms with Crippen LogP contribution in [-0.4, -0.2) is 81.3 Å². The number of hydrogen-bond donors (Lipinski definition) is 2. The van der Waals surface area contributed by atoms with Gasteiger partial charge in [0.2, 0.25) is 0 Å². The quantitative estimate of drug-likeness (QED) is 0.503. The van der Waals surface area contributed by atoms with Crippen LogP contribution < -0.4 is 10.6 Å². The number of likely N-dealkylation sites (N-methyl/N-ethyl adjacent to an activating group) is 1. The molecule has 2 rings (SSSR count). The van der Waals surface area contributed by atoms with Gasteiger partial charge in [0.15, 0.2) is 5.96 Å². The molecule has 1 aliphatic heterocycles. The van der Waals surface area contributed by atoms with Crippen LogP contribution in [0.3, 0.4) is 0 Å². The largest absolute Gasteiger partial charge is 0.379 e. The van der Waals surface area contributed by atoms with E-state index in [0.29, 0.717) is 6.04 Å². The van der Waals surface area contributed by atoms with E-state index in [1.165, 1.54) is 12.1 Å². The molecule has 0 radical (unpaired) electrons. The summed E-state index contributed by atoms with van der Waals surface area (Å²) >= 11 is 0. The summed E-state index contributed by atoms with van der Waals surface area (Å²) in [6, 6.07) is 7.08. The summed E-state index contributed by atoms with van der Waals surface area (Å²) in [5.41, 5.74) is 1.11. The van der Waals surface area contributed by atoms with Crippen LogP contribution in [0.2, 0.25) is 0 Å². The first kappa shape index (κ1) is 21.6. The van der Waals surface area contributed by atoms with Gasteiger partial charge in [-0.25, -0.2) is 4.39 Å². The summed E-state index contributed by atoms with van der Waals surface area (Å²) in [6.07, 6.45) is 0. The molecular weight excluding hydrogens is 345 g/mol. The van der Waals surface area contributed by atoms with Crippen LogP contribution in [0, 0.1) is 5.82 Å². The predicted octanol–water partition coefficient (Wildman–Crippen LogP) is 1.53. The zero-order valence-corrected chi connectivity index (χ0v) is 16.9. The van der Waals surface area contributed by atoms with E-state index in [1.54, 1.807) is 0 Å². The number of benzene rings is 1. The Labute approximate surface area is 162 Å². The van der Waals surface area contributed by atoms with Crippen molar-refractivity contribution in [2.45, 2.75) is 26.4 Å². The van der Waals surface area contributed by atoms with E-state index in [4.69, 9.17) is 9.73 Å². The number of hydrogen-bond acceptors (Lipinski definition) is 4. The number of rotatable bonds is 9. The molecule has 1 heterocycles. The van der Waals surface area contributed by atoms with E-state index in [0.717, 1.165) is 70.6 Å². The Bertz CT molecular complexity index is 560. The molecule has 0 spiro atoms. The van der Waals surface area contributed by atoms with Crippen LogP contribution in [-0.2, 0) is 11.3 Å². The minimum Gasteiger partial charge on any atom is -0.379 e. The van der Waals surface area contributed by atoms with Gasteiger partial charge in [-0.05, 0) is 38.6 Å². The molecule has 0 bridgehead atoms. The van der Waals surface area contributed by atoms with E-state index in [2.05, 4.69) is 41.3 Å². The van der Waals surface area contributed by atoms with Crippen molar-refractivity contribution in [1.29, 1.82) is 0 Å². The third kappa shape index (κ3) is 8.24. The normalized spacial score (nSPS) is 17.1. The minimum absolute atomic E-state index is 0.194. The Morgan fingerprint density at radius 1 is 1.26 bits per heavy atom. The molecule has 27 heavy (non-hydrogen) atoms. The fourth-order valence-corrected chi connectivity index (χ4v) is 3.04. The Hall–Kier alpha value is -1.70. The van der Waals surface area contributed by atoms with Crippen molar-refractivity contribution in [3.63, 3.8) is 0 Å². The van der Waals surface area contributed by atoms with E-state index >= 15 is 0 Å². The molecule has 1 fully saturated rings. The summed E-state index contributed by atoms with van der Waals surface area (Å²) in [5.74, 6) is 0.661. The van der Waals surface area contributed by atoms with Crippen LogP contribution in [0.15, 0.2) is 29.3 Å². The van der Waals surface area contributed by atoms with Gasteiger partial charge in [0, 0.05) is 45.3 Å². The summed E-state index contributed by atoms with van der Waals surface area (Å²) < 4.78 is 18.4. The molecule has 0 saturated carbocycles. The molecule has 0 amide bonds. The second-order valence-electron chi connectivity index (χ2n) is 7.01. The van der Waals surface area contributed by atoms with Gasteiger partial charge in [-0.15, -0.1) is 0 Å². The van der Waals surface area contributed by atoms with E-state index < -0.39 is 0 Å². The van der Waals surface area contributed by atoms with Crippen molar-refractivity contribution in [3.8, 4) is 0 Å². The summed E-state index contributed by atoms with van der Waals surface area (Å²) in [4.78, 5) is 9.36. The van der Waals surface area contributed by atoms with Crippen molar-refractivity contribution in [3.05, 3.63) is 35.6 Å². The molecule has 1 unspecified atom stereocenters. The highest BCUT2D eigenvalue weighted by atomic mass is 19.1. The molecule has 1 aliphatic rings. The van der Waals surface area contributed by atoms with Gasteiger partial charge in [-0.3, -0.25) is 9.89 Å². The van der Waals surface area contributed by atoms with Crippen LogP contribution in [0.4, 0.5) is 4.39 Å². The van der Waals surface area contributed by atoms with Gasteiger partial charge in [-0.2, -0.15) is 0 Å². The van der Waals surface area contributed by atoms with Crippen LogP contribution >= 0.6 is 0 Å². The minimum atomic E-state index is -0.194. The van der Waals surface area contributed by atoms with Crippen LogP contribution in [0.5, 0.6) is 0 Å². The first-order chi connectivity index (χ1) is 13.1. The fourth-order valence-electron chi connectivity index (χ4n) is 3.04. The van der Waals surface area contributed by atoms with Crippen molar-refractivity contribution in [2.24, 2.45) is 4.99 Å².